The van der Waals surface area contributed by atoms with Crippen LogP contribution in [0.2, 0.25) is 0 Å². The molecule has 0 atom stereocenters. The Morgan fingerprint density at radius 1 is 0.950 bits per heavy atom. The second kappa shape index (κ2) is 14.6. The summed E-state index contributed by atoms with van der Waals surface area (Å²) in [6.07, 6.45) is 1.89. The summed E-state index contributed by atoms with van der Waals surface area (Å²) in [5.74, 6) is 2.36. The number of hydrogen-bond acceptors (Lipinski definition) is 9. The molecular weight excluding hydrogens is 516 g/mol. The number of carbonyl (C=O) groups is 1. The number of rotatable bonds is 11. The molecule has 2 aliphatic rings. The van der Waals surface area contributed by atoms with E-state index in [4.69, 9.17) is 18.9 Å². The number of carbonyl (C=O) groups excluding carboxylic acids is 1. The largest absolute Gasteiger partial charge is 0.493 e. The molecule has 2 aromatic carbocycles. The Hall–Kier alpha value is -3.73. The third kappa shape index (κ3) is 7.68. The molecule has 2 fully saturated rings. The van der Waals surface area contributed by atoms with Gasteiger partial charge in [0.05, 0.1) is 25.7 Å². The molecule has 2 aliphatic heterocycles. The van der Waals surface area contributed by atoms with Crippen LogP contribution in [0.25, 0.3) is 0 Å². The third-order valence-electron chi connectivity index (χ3n) is 7.27. The number of piperidine rings is 1. The second-order valence-electron chi connectivity index (χ2n) is 9.64. The molecular formula is C29H42N4O7. The summed E-state index contributed by atoms with van der Waals surface area (Å²) in [6.45, 7) is 7.72. The molecule has 0 aliphatic carbocycles. The summed E-state index contributed by atoms with van der Waals surface area (Å²) in [5.41, 5.74) is 1.03. The standard InChI is InChI=1S/C28H38N4O7.CH4/c1-4-38-26-20-23(6-7-24(26)32(34)35)39-22-9-13-31(14-10-22)28(33)11-12-29-15-17-30(18-16-29)21-5-8-25(36-2)27(19-21)37-3;/h5-8,19-20,22H,4,9-18H2,1-3H3;1H4. The summed E-state index contributed by atoms with van der Waals surface area (Å²) < 4.78 is 22.2. The number of benzene rings is 2. The zero-order chi connectivity index (χ0) is 27.8. The van der Waals surface area contributed by atoms with E-state index < -0.39 is 4.92 Å². The smallest absolute Gasteiger partial charge is 0.311 e. The first-order valence-corrected chi connectivity index (χ1v) is 13.5. The maximum atomic E-state index is 12.9. The summed E-state index contributed by atoms with van der Waals surface area (Å²) in [5, 5.41) is 11.2. The van der Waals surface area contributed by atoms with Gasteiger partial charge in [-0.05, 0) is 25.1 Å². The number of likely N-dealkylation sites (tertiary alicyclic amines) is 1. The number of nitro groups is 1. The highest BCUT2D eigenvalue weighted by molar-refractivity contribution is 5.76. The van der Waals surface area contributed by atoms with Gasteiger partial charge in [-0.3, -0.25) is 19.8 Å². The Kier molecular flexibility index (Phi) is 11.2. The lowest BCUT2D eigenvalue weighted by Crippen LogP contribution is -2.48. The van der Waals surface area contributed by atoms with Crippen LogP contribution >= 0.6 is 0 Å². The van der Waals surface area contributed by atoms with E-state index in [1.165, 1.54) is 6.07 Å². The molecule has 0 saturated carbocycles. The zero-order valence-corrected chi connectivity index (χ0v) is 23.0. The SMILES string of the molecule is C.CCOc1cc(OC2CCN(C(=O)CCN3CCN(c4ccc(OC)c(OC)c4)CC3)CC2)ccc1[N+](=O)[O-]. The molecule has 1 amide bonds. The number of nitrogens with zero attached hydrogens (tertiary/aromatic N) is 4. The van der Waals surface area contributed by atoms with Gasteiger partial charge in [0.25, 0.3) is 0 Å². The first-order chi connectivity index (χ1) is 18.9. The number of hydrogen-bond donors (Lipinski definition) is 0. The lowest BCUT2D eigenvalue weighted by molar-refractivity contribution is -0.385. The lowest BCUT2D eigenvalue weighted by atomic mass is 10.1. The van der Waals surface area contributed by atoms with Gasteiger partial charge in [-0.15, -0.1) is 0 Å². The molecule has 11 heteroatoms. The van der Waals surface area contributed by atoms with Crippen LogP contribution in [0.5, 0.6) is 23.0 Å². The normalized spacial score (nSPS) is 16.2. The van der Waals surface area contributed by atoms with Gasteiger partial charge in [0.1, 0.15) is 11.9 Å². The van der Waals surface area contributed by atoms with Crippen LogP contribution in [-0.4, -0.2) is 93.4 Å². The maximum Gasteiger partial charge on any atom is 0.311 e. The van der Waals surface area contributed by atoms with Gasteiger partial charge in [0.2, 0.25) is 11.7 Å². The summed E-state index contributed by atoms with van der Waals surface area (Å²) in [7, 11) is 3.28. The van der Waals surface area contributed by atoms with Crippen LogP contribution in [0.3, 0.4) is 0 Å². The molecule has 2 saturated heterocycles. The summed E-state index contributed by atoms with van der Waals surface area (Å²) in [6, 6.07) is 10.6. The third-order valence-corrected chi connectivity index (χ3v) is 7.27. The average Bonchev–Trinajstić information content (AvgIpc) is 2.96. The van der Waals surface area contributed by atoms with Gasteiger partial charge < -0.3 is 28.7 Å². The number of amides is 1. The van der Waals surface area contributed by atoms with Crippen LogP contribution in [0.4, 0.5) is 11.4 Å². The number of piperazine rings is 1. The van der Waals surface area contributed by atoms with Gasteiger partial charge in [0.15, 0.2) is 11.5 Å². The van der Waals surface area contributed by atoms with Crippen LogP contribution in [0.1, 0.15) is 33.6 Å². The highest BCUT2D eigenvalue weighted by atomic mass is 16.6. The fraction of sp³-hybridized carbons (Fsp3) is 0.552. The zero-order valence-electron chi connectivity index (χ0n) is 23.0. The van der Waals surface area contributed by atoms with E-state index in [0.717, 1.165) is 62.8 Å². The molecule has 2 heterocycles. The first-order valence-electron chi connectivity index (χ1n) is 13.5. The number of methoxy groups -OCH3 is 2. The van der Waals surface area contributed by atoms with E-state index in [1.807, 2.05) is 23.1 Å². The van der Waals surface area contributed by atoms with E-state index in [9.17, 15) is 14.9 Å². The molecule has 2 aromatic rings. The minimum absolute atomic E-state index is 0. The van der Waals surface area contributed by atoms with Crippen LogP contribution in [0, 0.1) is 10.1 Å². The molecule has 0 spiro atoms. The summed E-state index contributed by atoms with van der Waals surface area (Å²) in [4.78, 5) is 30.2. The highest BCUT2D eigenvalue weighted by Crippen LogP contribution is 2.33. The molecule has 0 aromatic heterocycles. The van der Waals surface area contributed by atoms with E-state index >= 15 is 0 Å². The van der Waals surface area contributed by atoms with Gasteiger partial charge in [0, 0.05) is 89.0 Å². The van der Waals surface area contributed by atoms with Gasteiger partial charge in [-0.1, -0.05) is 7.43 Å². The predicted octanol–water partition coefficient (Wildman–Crippen LogP) is 4.23. The number of nitro benzene ring substituents is 1. The van der Waals surface area contributed by atoms with Gasteiger partial charge in [-0.25, -0.2) is 0 Å². The van der Waals surface area contributed by atoms with E-state index in [0.29, 0.717) is 31.9 Å². The Bertz CT molecular complexity index is 1130. The van der Waals surface area contributed by atoms with E-state index in [2.05, 4.69) is 9.80 Å². The maximum absolute atomic E-state index is 12.9. The van der Waals surface area contributed by atoms with Crippen molar-refractivity contribution in [1.29, 1.82) is 0 Å². The van der Waals surface area contributed by atoms with Crippen molar-refractivity contribution >= 4 is 17.3 Å². The number of ether oxygens (including phenoxy) is 4. The van der Waals surface area contributed by atoms with Crippen molar-refractivity contribution in [2.24, 2.45) is 0 Å². The molecule has 0 radical (unpaired) electrons. The van der Waals surface area contributed by atoms with E-state index in [1.54, 1.807) is 33.3 Å². The minimum Gasteiger partial charge on any atom is -0.493 e. The Labute approximate surface area is 236 Å². The van der Waals surface area contributed by atoms with E-state index in [-0.39, 0.29) is 30.9 Å². The molecule has 4 rings (SSSR count). The fourth-order valence-corrected chi connectivity index (χ4v) is 5.07. The van der Waals surface area contributed by atoms with Crippen molar-refractivity contribution in [3.05, 3.63) is 46.5 Å². The van der Waals surface area contributed by atoms with Crippen molar-refractivity contribution in [1.82, 2.24) is 9.80 Å². The average molecular weight is 559 g/mol. The van der Waals surface area contributed by atoms with Crippen LogP contribution < -0.4 is 23.8 Å². The molecule has 0 bridgehead atoms. The molecule has 0 N–H and O–H groups in total. The molecule has 0 unspecified atom stereocenters. The van der Waals surface area contributed by atoms with Crippen molar-refractivity contribution in [3.8, 4) is 23.0 Å². The van der Waals surface area contributed by atoms with Gasteiger partial charge in [-0.2, -0.15) is 0 Å². The Morgan fingerprint density at radius 3 is 2.27 bits per heavy atom. The van der Waals surface area contributed by atoms with Crippen molar-refractivity contribution in [2.45, 2.75) is 39.7 Å². The lowest BCUT2D eigenvalue weighted by Gasteiger charge is -2.37. The first kappa shape index (κ1) is 30.8. The van der Waals surface area contributed by atoms with Crippen molar-refractivity contribution in [3.63, 3.8) is 0 Å². The van der Waals surface area contributed by atoms with Crippen molar-refractivity contribution in [2.75, 3.05) is 71.5 Å². The van der Waals surface area contributed by atoms with Gasteiger partial charge >= 0.3 is 5.69 Å². The topological polar surface area (TPSA) is 107 Å². The number of anilines is 1. The van der Waals surface area contributed by atoms with Crippen LogP contribution in [0.15, 0.2) is 36.4 Å². The van der Waals surface area contributed by atoms with Crippen molar-refractivity contribution < 1.29 is 28.7 Å². The Morgan fingerprint density at radius 2 is 1.65 bits per heavy atom. The second-order valence-corrected chi connectivity index (χ2v) is 9.64. The quantitative estimate of drug-likeness (QED) is 0.296. The van der Waals surface area contributed by atoms with Crippen LogP contribution in [-0.2, 0) is 4.79 Å². The monoisotopic (exact) mass is 558 g/mol. The highest BCUT2D eigenvalue weighted by Gasteiger charge is 2.26. The molecule has 11 nitrogen and oxygen atoms in total. The molecule has 220 valence electrons. The predicted molar refractivity (Wildman–Crippen MR) is 154 cm³/mol. The Balaban J connectivity index is 0.00000441. The minimum atomic E-state index is -0.461. The molecule has 40 heavy (non-hydrogen) atoms. The summed E-state index contributed by atoms with van der Waals surface area (Å²) >= 11 is 0. The fourth-order valence-electron chi connectivity index (χ4n) is 5.07.